The van der Waals surface area contributed by atoms with Gasteiger partial charge in [-0.15, -0.1) is 0 Å². The van der Waals surface area contributed by atoms with Gasteiger partial charge in [-0.05, 0) is 56.4 Å². The second-order valence-corrected chi connectivity index (χ2v) is 9.32. The first-order valence-corrected chi connectivity index (χ1v) is 11.8. The number of hydrogen-bond donors (Lipinski definition) is 1. The predicted octanol–water partition coefficient (Wildman–Crippen LogP) is 4.01. The fourth-order valence-corrected chi connectivity index (χ4v) is 4.97. The summed E-state index contributed by atoms with van der Waals surface area (Å²) in [6.45, 7) is 5.11. The van der Waals surface area contributed by atoms with Crippen LogP contribution >= 0.6 is 0 Å². The Balaban J connectivity index is 1.72. The van der Waals surface area contributed by atoms with Gasteiger partial charge in [-0.1, -0.05) is 31.8 Å². The fourth-order valence-electron chi connectivity index (χ4n) is 3.45. The van der Waals surface area contributed by atoms with E-state index in [0.717, 1.165) is 56.2 Å². The van der Waals surface area contributed by atoms with Crippen LogP contribution in [0.4, 0.5) is 5.88 Å². The molecule has 1 amide bonds. The highest BCUT2D eigenvalue weighted by Gasteiger charge is 2.25. The molecule has 1 aliphatic carbocycles. The molecule has 29 heavy (non-hydrogen) atoms. The number of unbranched alkanes of at least 4 members (excludes halogenated alkanes) is 2. The number of aryl methyl sites for hydroxylation is 1. The third-order valence-electron chi connectivity index (χ3n) is 5.21. The highest BCUT2D eigenvalue weighted by Crippen LogP contribution is 2.28. The van der Waals surface area contributed by atoms with Crippen molar-refractivity contribution in [2.75, 3.05) is 18.4 Å². The quantitative estimate of drug-likeness (QED) is 0.628. The van der Waals surface area contributed by atoms with E-state index in [-0.39, 0.29) is 10.8 Å². The van der Waals surface area contributed by atoms with Gasteiger partial charge in [-0.3, -0.25) is 10.1 Å². The summed E-state index contributed by atoms with van der Waals surface area (Å²) in [5.74, 6) is 0.0538. The zero-order valence-corrected chi connectivity index (χ0v) is 17.9. The Morgan fingerprint density at radius 1 is 1.10 bits per heavy atom. The third kappa shape index (κ3) is 4.87. The number of nitrogens with one attached hydrogen (secondary N) is 1. The predicted molar refractivity (Wildman–Crippen MR) is 111 cm³/mol. The zero-order valence-electron chi connectivity index (χ0n) is 17.1. The molecule has 1 aromatic heterocycles. The van der Waals surface area contributed by atoms with Gasteiger partial charge in [-0.2, -0.15) is 4.31 Å². The molecule has 0 fully saturated rings. The molecule has 0 spiro atoms. The number of fused-ring (bicyclic) bond motifs is 1. The molecule has 3 rings (SSSR count). The van der Waals surface area contributed by atoms with E-state index in [4.69, 9.17) is 4.52 Å². The number of nitrogens with zero attached hydrogens (tertiary/aromatic N) is 2. The molecule has 0 saturated carbocycles. The summed E-state index contributed by atoms with van der Waals surface area (Å²) >= 11 is 0. The Morgan fingerprint density at radius 3 is 2.38 bits per heavy atom. The molecule has 0 bridgehead atoms. The van der Waals surface area contributed by atoms with Gasteiger partial charge in [0.05, 0.1) is 10.6 Å². The van der Waals surface area contributed by atoms with Crippen LogP contribution in [-0.2, 0) is 22.9 Å². The highest BCUT2D eigenvalue weighted by molar-refractivity contribution is 7.89. The first-order valence-electron chi connectivity index (χ1n) is 10.4. The second kappa shape index (κ2) is 9.54. The van der Waals surface area contributed by atoms with Crippen LogP contribution in [0.1, 0.15) is 67.6 Å². The summed E-state index contributed by atoms with van der Waals surface area (Å²) in [6.07, 6.45) is 6.24. The van der Waals surface area contributed by atoms with Gasteiger partial charge in [0.15, 0.2) is 0 Å². The Labute approximate surface area is 172 Å². The molecule has 0 saturated heterocycles. The summed E-state index contributed by atoms with van der Waals surface area (Å²) in [5, 5.41) is 6.73. The van der Waals surface area contributed by atoms with E-state index in [0.29, 0.717) is 24.5 Å². The van der Waals surface area contributed by atoms with E-state index < -0.39 is 10.0 Å². The number of carbonyl (C=O) groups is 1. The van der Waals surface area contributed by atoms with Crippen LogP contribution in [0.15, 0.2) is 33.7 Å². The minimum atomic E-state index is -3.57. The van der Waals surface area contributed by atoms with Crippen LogP contribution in [0.3, 0.4) is 0 Å². The van der Waals surface area contributed by atoms with Gasteiger partial charge in [-0.25, -0.2) is 8.42 Å². The molecule has 0 unspecified atom stereocenters. The van der Waals surface area contributed by atoms with Crippen molar-refractivity contribution in [1.82, 2.24) is 9.46 Å². The normalized spacial score (nSPS) is 13.6. The van der Waals surface area contributed by atoms with Crippen LogP contribution in [0.25, 0.3) is 0 Å². The molecule has 1 N–H and O–H groups in total. The smallest absolute Gasteiger partial charge is 0.258 e. The molecule has 1 aliphatic rings. The number of hydrogen-bond acceptors (Lipinski definition) is 5. The lowest BCUT2D eigenvalue weighted by Crippen LogP contribution is -2.33. The number of amides is 1. The van der Waals surface area contributed by atoms with Gasteiger partial charge in [0.1, 0.15) is 0 Å². The van der Waals surface area contributed by atoms with E-state index in [1.54, 1.807) is 4.31 Å². The van der Waals surface area contributed by atoms with Crippen molar-refractivity contribution in [3.05, 3.63) is 41.1 Å². The number of benzene rings is 1. The van der Waals surface area contributed by atoms with Crippen molar-refractivity contribution in [3.63, 3.8) is 0 Å². The molecule has 1 aromatic carbocycles. The van der Waals surface area contributed by atoms with Crippen molar-refractivity contribution in [2.45, 2.75) is 63.7 Å². The maximum absolute atomic E-state index is 13.0. The van der Waals surface area contributed by atoms with Gasteiger partial charge in [0, 0.05) is 24.2 Å². The van der Waals surface area contributed by atoms with E-state index >= 15 is 0 Å². The number of aromatic nitrogens is 1. The summed E-state index contributed by atoms with van der Waals surface area (Å²) in [7, 11) is -3.57. The van der Waals surface area contributed by atoms with Crippen LogP contribution in [-0.4, -0.2) is 36.9 Å². The summed E-state index contributed by atoms with van der Waals surface area (Å²) in [5.41, 5.74) is 2.24. The minimum Gasteiger partial charge on any atom is -0.338 e. The molecule has 158 valence electrons. The Hall–Kier alpha value is -2.19. The van der Waals surface area contributed by atoms with Crippen molar-refractivity contribution in [2.24, 2.45) is 0 Å². The summed E-state index contributed by atoms with van der Waals surface area (Å²) in [6, 6.07) is 6.08. The number of carbonyl (C=O) groups excluding carboxylic acids is 1. The monoisotopic (exact) mass is 419 g/mol. The summed E-state index contributed by atoms with van der Waals surface area (Å²) < 4.78 is 32.8. The standard InChI is InChI=1S/C21H29N3O4S/c1-3-5-14-24(15-6-4-2)29(26,27)17-12-10-16(11-13-17)20(25)22-21-18-8-7-9-19(18)23-28-21/h10-13H,3-9,14-15H2,1-2H3,(H,22,25). The van der Waals surface area contributed by atoms with Crippen LogP contribution < -0.4 is 5.32 Å². The number of anilines is 1. The Morgan fingerprint density at radius 2 is 1.76 bits per heavy atom. The topological polar surface area (TPSA) is 92.5 Å². The van der Waals surface area contributed by atoms with Crippen LogP contribution in [0.5, 0.6) is 0 Å². The SMILES string of the molecule is CCCCN(CCCC)S(=O)(=O)c1ccc(C(=O)Nc2onc3c2CCC3)cc1. The van der Waals surface area contributed by atoms with Gasteiger partial charge in [0.25, 0.3) is 5.91 Å². The van der Waals surface area contributed by atoms with Crippen molar-refractivity contribution < 1.29 is 17.7 Å². The van der Waals surface area contributed by atoms with Gasteiger partial charge >= 0.3 is 0 Å². The molecule has 0 atom stereocenters. The first-order chi connectivity index (χ1) is 14.0. The van der Waals surface area contributed by atoms with Crippen LogP contribution in [0, 0.1) is 0 Å². The molecular weight excluding hydrogens is 390 g/mol. The average Bonchev–Trinajstić information content (AvgIpc) is 3.33. The van der Waals surface area contributed by atoms with E-state index in [1.165, 1.54) is 24.3 Å². The van der Waals surface area contributed by atoms with Crippen molar-refractivity contribution in [3.8, 4) is 0 Å². The lowest BCUT2D eigenvalue weighted by Gasteiger charge is -2.22. The molecule has 8 heteroatoms. The van der Waals surface area contributed by atoms with Gasteiger partial charge in [0.2, 0.25) is 15.9 Å². The molecule has 1 heterocycles. The fraction of sp³-hybridized carbons (Fsp3) is 0.524. The number of sulfonamides is 1. The number of rotatable bonds is 10. The first kappa shape index (κ1) is 21.5. The maximum atomic E-state index is 13.0. The van der Waals surface area contributed by atoms with Gasteiger partial charge < -0.3 is 4.52 Å². The Bertz CT molecular complexity index is 927. The highest BCUT2D eigenvalue weighted by atomic mass is 32.2. The molecule has 2 aromatic rings. The largest absolute Gasteiger partial charge is 0.338 e. The lowest BCUT2D eigenvalue weighted by molar-refractivity contribution is 0.102. The molecule has 0 aliphatic heterocycles. The molecule has 7 nitrogen and oxygen atoms in total. The van der Waals surface area contributed by atoms with E-state index in [2.05, 4.69) is 10.5 Å². The third-order valence-corrected chi connectivity index (χ3v) is 7.13. The maximum Gasteiger partial charge on any atom is 0.258 e. The minimum absolute atomic E-state index is 0.210. The zero-order chi connectivity index (χ0) is 20.9. The average molecular weight is 420 g/mol. The van der Waals surface area contributed by atoms with Crippen LogP contribution in [0.2, 0.25) is 0 Å². The molecule has 0 radical (unpaired) electrons. The van der Waals surface area contributed by atoms with Crippen molar-refractivity contribution >= 4 is 21.8 Å². The summed E-state index contributed by atoms with van der Waals surface area (Å²) in [4.78, 5) is 12.7. The van der Waals surface area contributed by atoms with E-state index in [1.807, 2.05) is 13.8 Å². The Kier molecular flexibility index (Phi) is 7.08. The van der Waals surface area contributed by atoms with Crippen molar-refractivity contribution in [1.29, 1.82) is 0 Å². The second-order valence-electron chi connectivity index (χ2n) is 7.38. The molecular formula is C21H29N3O4S. The lowest BCUT2D eigenvalue weighted by atomic mass is 10.2. The van der Waals surface area contributed by atoms with E-state index in [9.17, 15) is 13.2 Å².